The number of carbonyl (C=O) groups excluding carboxylic acids is 1. The number of hydrogen-bond acceptors (Lipinski definition) is 6. The highest BCUT2D eigenvalue weighted by molar-refractivity contribution is 6.35. The molecule has 1 saturated carbocycles. The van der Waals surface area contributed by atoms with Gasteiger partial charge in [-0.2, -0.15) is 5.10 Å². The van der Waals surface area contributed by atoms with Crippen LogP contribution in [0.3, 0.4) is 0 Å². The second kappa shape index (κ2) is 13.0. The molecule has 0 atom stereocenters. The predicted octanol–water partition coefficient (Wildman–Crippen LogP) is 7.16. The molecule has 44 heavy (non-hydrogen) atoms. The Hall–Kier alpha value is -3.85. The van der Waals surface area contributed by atoms with Crippen molar-refractivity contribution in [1.82, 2.24) is 14.8 Å². The molecule has 230 valence electrons. The molecule has 0 spiro atoms. The molecule has 9 heteroatoms. The molecule has 0 unspecified atom stereocenters. The Kier molecular flexibility index (Phi) is 8.93. The lowest BCUT2D eigenvalue weighted by molar-refractivity contribution is -0.0542. The van der Waals surface area contributed by atoms with Gasteiger partial charge in [-0.3, -0.25) is 4.68 Å². The quantitative estimate of drug-likeness (QED) is 0.114. The molecule has 0 radical (unpaired) electrons. The number of H-pyrrole nitrogens is 1. The van der Waals surface area contributed by atoms with E-state index in [2.05, 4.69) is 23.2 Å². The topological polar surface area (TPSA) is 98.6 Å². The van der Waals surface area contributed by atoms with Crippen molar-refractivity contribution in [1.29, 1.82) is 0 Å². The Labute approximate surface area is 261 Å². The number of carbonyl (C=O) groups is 1. The monoisotopic (exact) mass is 615 g/mol. The van der Waals surface area contributed by atoms with Gasteiger partial charge in [0.05, 0.1) is 42.2 Å². The minimum Gasteiger partial charge on any atom is -0.493 e. The number of nitrogens with zero attached hydrogens (tertiary/aromatic N) is 2. The molecule has 8 nitrogen and oxygen atoms in total. The first-order valence-corrected chi connectivity index (χ1v) is 15.6. The first-order chi connectivity index (χ1) is 21.4. The van der Waals surface area contributed by atoms with E-state index in [0.29, 0.717) is 42.7 Å². The lowest BCUT2D eigenvalue weighted by Gasteiger charge is -2.33. The average molecular weight is 616 g/mol. The summed E-state index contributed by atoms with van der Waals surface area (Å²) in [4.78, 5) is 16.6. The minimum atomic E-state index is -0.398. The zero-order valence-corrected chi connectivity index (χ0v) is 26.1. The highest BCUT2D eigenvalue weighted by Crippen LogP contribution is 2.41. The molecule has 0 aliphatic heterocycles. The SMILES string of the molecule is CCOC(=O)c1[nH]c2c(-c3c(COC4CC(CO)C4)nn(C)c3C)c(Cl)ccc2c1CCCOc1cccc2ccccc12. The maximum absolute atomic E-state index is 13.2. The predicted molar refractivity (Wildman–Crippen MR) is 172 cm³/mol. The second-order valence-electron chi connectivity index (χ2n) is 11.5. The average Bonchev–Trinajstić information content (AvgIpc) is 3.51. The third kappa shape index (κ3) is 5.82. The summed E-state index contributed by atoms with van der Waals surface area (Å²) in [6.45, 7) is 5.09. The minimum absolute atomic E-state index is 0.108. The highest BCUT2D eigenvalue weighted by atomic mass is 35.5. The summed E-state index contributed by atoms with van der Waals surface area (Å²) in [5, 5.41) is 17.8. The van der Waals surface area contributed by atoms with Crippen LogP contribution in [-0.4, -0.2) is 51.8 Å². The van der Waals surface area contributed by atoms with E-state index in [9.17, 15) is 9.90 Å². The summed E-state index contributed by atoms with van der Waals surface area (Å²) in [5.74, 6) is 0.757. The summed E-state index contributed by atoms with van der Waals surface area (Å²) >= 11 is 6.91. The molecule has 1 fully saturated rings. The summed E-state index contributed by atoms with van der Waals surface area (Å²) < 4.78 is 19.7. The van der Waals surface area contributed by atoms with E-state index in [4.69, 9.17) is 30.9 Å². The van der Waals surface area contributed by atoms with Crippen molar-refractivity contribution in [3.8, 4) is 16.9 Å². The first kappa shape index (κ1) is 30.2. The molecule has 1 aliphatic rings. The number of hydrogen-bond donors (Lipinski definition) is 2. The van der Waals surface area contributed by atoms with Crippen LogP contribution in [0.2, 0.25) is 5.02 Å². The fourth-order valence-electron chi connectivity index (χ4n) is 6.19. The molecule has 2 N–H and O–H groups in total. The van der Waals surface area contributed by atoms with Crippen LogP contribution >= 0.6 is 11.6 Å². The van der Waals surface area contributed by atoms with Crippen LogP contribution in [0.4, 0.5) is 0 Å². The number of aliphatic hydroxyl groups is 1. The van der Waals surface area contributed by atoms with E-state index in [1.165, 1.54) is 0 Å². The zero-order chi connectivity index (χ0) is 30.8. The van der Waals surface area contributed by atoms with Gasteiger partial charge >= 0.3 is 5.97 Å². The van der Waals surface area contributed by atoms with Crippen LogP contribution in [0.25, 0.3) is 32.8 Å². The molecular formula is C35H38ClN3O5. The van der Waals surface area contributed by atoms with Gasteiger partial charge in [0.1, 0.15) is 11.4 Å². The molecule has 0 bridgehead atoms. The number of ether oxygens (including phenoxy) is 3. The van der Waals surface area contributed by atoms with Gasteiger partial charge in [0, 0.05) is 41.2 Å². The number of aromatic amines is 1. The van der Waals surface area contributed by atoms with Crippen LogP contribution in [0.15, 0.2) is 54.6 Å². The molecule has 1 aliphatic carbocycles. The Balaban J connectivity index is 1.31. The first-order valence-electron chi connectivity index (χ1n) is 15.3. The van der Waals surface area contributed by atoms with Crippen LogP contribution in [-0.2, 0) is 29.5 Å². The van der Waals surface area contributed by atoms with Crippen molar-refractivity contribution < 1.29 is 24.1 Å². The normalized spacial score (nSPS) is 16.4. The van der Waals surface area contributed by atoms with Crippen molar-refractivity contribution in [3.05, 3.63) is 82.3 Å². The van der Waals surface area contributed by atoms with Crippen molar-refractivity contribution in [2.24, 2.45) is 13.0 Å². The molecule has 3 aromatic carbocycles. The molecule has 0 amide bonds. The fourth-order valence-corrected chi connectivity index (χ4v) is 6.44. The maximum atomic E-state index is 13.2. The van der Waals surface area contributed by atoms with E-state index >= 15 is 0 Å². The van der Waals surface area contributed by atoms with Gasteiger partial charge < -0.3 is 24.3 Å². The lowest BCUT2D eigenvalue weighted by Crippen LogP contribution is -2.33. The molecular weight excluding hydrogens is 578 g/mol. The Morgan fingerprint density at radius 2 is 1.89 bits per heavy atom. The van der Waals surface area contributed by atoms with Gasteiger partial charge in [0.15, 0.2) is 0 Å². The summed E-state index contributed by atoms with van der Waals surface area (Å²) in [6, 6.07) is 18.1. The second-order valence-corrected chi connectivity index (χ2v) is 11.9. The van der Waals surface area contributed by atoms with Gasteiger partial charge in [0.25, 0.3) is 0 Å². The summed E-state index contributed by atoms with van der Waals surface area (Å²) in [7, 11) is 1.90. The summed E-state index contributed by atoms with van der Waals surface area (Å²) in [5.41, 5.74) is 5.48. The van der Waals surface area contributed by atoms with Gasteiger partial charge in [-0.15, -0.1) is 0 Å². The maximum Gasteiger partial charge on any atom is 0.355 e. The van der Waals surface area contributed by atoms with Crippen molar-refractivity contribution in [2.75, 3.05) is 19.8 Å². The number of halogens is 1. The molecule has 0 saturated heterocycles. The number of aryl methyl sites for hydroxylation is 2. The number of aliphatic hydroxyl groups excluding tert-OH is 1. The van der Waals surface area contributed by atoms with Gasteiger partial charge in [-0.25, -0.2) is 4.79 Å². The van der Waals surface area contributed by atoms with Crippen LogP contribution < -0.4 is 4.74 Å². The van der Waals surface area contributed by atoms with Crippen LogP contribution in [0, 0.1) is 12.8 Å². The van der Waals surface area contributed by atoms with Gasteiger partial charge in [0.2, 0.25) is 0 Å². The number of esters is 1. The van der Waals surface area contributed by atoms with Crippen LogP contribution in [0.1, 0.15) is 53.6 Å². The van der Waals surface area contributed by atoms with E-state index in [0.717, 1.165) is 68.3 Å². The number of aromatic nitrogens is 3. The smallest absolute Gasteiger partial charge is 0.355 e. The van der Waals surface area contributed by atoms with Gasteiger partial charge in [-0.1, -0.05) is 54.1 Å². The number of fused-ring (bicyclic) bond motifs is 2. The molecule has 5 aromatic rings. The zero-order valence-electron chi connectivity index (χ0n) is 25.4. The molecule has 2 heterocycles. The Morgan fingerprint density at radius 3 is 2.68 bits per heavy atom. The number of benzene rings is 3. The Bertz CT molecular complexity index is 1800. The van der Waals surface area contributed by atoms with Crippen molar-refractivity contribution >= 4 is 39.2 Å². The van der Waals surface area contributed by atoms with E-state index in [1.54, 1.807) is 6.92 Å². The highest BCUT2D eigenvalue weighted by Gasteiger charge is 2.31. The lowest BCUT2D eigenvalue weighted by atomic mass is 9.83. The van der Waals surface area contributed by atoms with E-state index in [-0.39, 0.29) is 19.3 Å². The van der Waals surface area contributed by atoms with Crippen molar-refractivity contribution in [3.63, 3.8) is 0 Å². The Morgan fingerprint density at radius 1 is 1.09 bits per heavy atom. The summed E-state index contributed by atoms with van der Waals surface area (Å²) in [6.07, 6.45) is 3.11. The van der Waals surface area contributed by atoms with Gasteiger partial charge in [-0.05, 0) is 68.5 Å². The van der Waals surface area contributed by atoms with Crippen LogP contribution in [0.5, 0.6) is 5.75 Å². The molecule has 6 rings (SSSR count). The number of rotatable bonds is 12. The largest absolute Gasteiger partial charge is 0.493 e. The third-order valence-corrected chi connectivity index (χ3v) is 8.97. The molecule has 2 aromatic heterocycles. The number of nitrogens with one attached hydrogen (secondary N) is 1. The third-order valence-electron chi connectivity index (χ3n) is 8.65. The van der Waals surface area contributed by atoms with E-state index in [1.807, 2.05) is 55.1 Å². The fraction of sp³-hybridized carbons (Fsp3) is 0.371. The van der Waals surface area contributed by atoms with E-state index < -0.39 is 5.97 Å². The van der Waals surface area contributed by atoms with Crippen molar-refractivity contribution in [2.45, 2.75) is 52.2 Å². The standard InChI is InChI=1S/C35H38ClN3O5/c1-4-42-35(41)34-26(12-8-16-43-30-13-7-10-23-9-5-6-11-25(23)30)27-14-15-28(36)32(33(27)37-34)31-21(2)39(3)38-29(31)20-44-24-17-22(18-24)19-40/h5-7,9-11,13-15,22,24,37,40H,4,8,12,16-20H2,1-3H3.